The zero-order valence-corrected chi connectivity index (χ0v) is 18.5. The summed E-state index contributed by atoms with van der Waals surface area (Å²) in [7, 11) is 0. The summed E-state index contributed by atoms with van der Waals surface area (Å²) in [6.45, 7) is 1.83. The average Bonchev–Trinajstić information content (AvgIpc) is 2.84. The fraction of sp³-hybridized carbons (Fsp3) is 0.0769. The summed E-state index contributed by atoms with van der Waals surface area (Å²) in [6, 6.07) is 24.3. The van der Waals surface area contributed by atoms with Gasteiger partial charge in [0.15, 0.2) is 0 Å². The van der Waals surface area contributed by atoms with Crippen LogP contribution in [-0.2, 0) is 11.4 Å². The molecule has 0 aliphatic rings. The van der Waals surface area contributed by atoms with E-state index < -0.39 is 0 Å². The molecular formula is C26H23N5O3. The molecule has 8 heteroatoms. The van der Waals surface area contributed by atoms with E-state index in [4.69, 9.17) is 20.6 Å². The lowest BCUT2D eigenvalue weighted by Gasteiger charge is -2.13. The summed E-state index contributed by atoms with van der Waals surface area (Å²) in [5.41, 5.74) is 7.96. The topological polar surface area (TPSA) is 123 Å². The minimum Gasteiger partial charge on any atom is -0.489 e. The minimum atomic E-state index is -0.314. The Hall–Kier alpha value is -4.72. The van der Waals surface area contributed by atoms with Gasteiger partial charge in [0.05, 0.1) is 11.3 Å². The first-order chi connectivity index (χ1) is 16.5. The number of aromatic nitrogens is 2. The van der Waals surface area contributed by atoms with Crippen molar-refractivity contribution in [2.75, 3.05) is 11.1 Å². The van der Waals surface area contributed by atoms with Gasteiger partial charge < -0.3 is 20.5 Å². The predicted octanol–water partition coefficient (Wildman–Crippen LogP) is 4.80. The molecule has 0 spiro atoms. The van der Waals surface area contributed by atoms with E-state index in [-0.39, 0.29) is 28.8 Å². The molecule has 3 aromatic carbocycles. The highest BCUT2D eigenvalue weighted by atomic mass is 16.5. The van der Waals surface area contributed by atoms with Crippen molar-refractivity contribution in [3.05, 3.63) is 102 Å². The van der Waals surface area contributed by atoms with E-state index in [0.29, 0.717) is 29.4 Å². The van der Waals surface area contributed by atoms with Crippen LogP contribution < -0.4 is 20.5 Å². The lowest BCUT2D eigenvalue weighted by Crippen LogP contribution is -2.16. The van der Waals surface area contributed by atoms with Crippen molar-refractivity contribution in [1.82, 2.24) is 9.97 Å². The normalized spacial score (nSPS) is 10.4. The van der Waals surface area contributed by atoms with Crippen LogP contribution in [0.1, 0.15) is 23.6 Å². The van der Waals surface area contributed by atoms with E-state index in [1.54, 1.807) is 24.3 Å². The summed E-state index contributed by atoms with van der Waals surface area (Å²) in [6.07, 6.45) is 1.24. The van der Waals surface area contributed by atoms with Crippen molar-refractivity contribution in [2.45, 2.75) is 13.5 Å². The number of nitrogens with one attached hydrogen (secondary N) is 2. The quantitative estimate of drug-likeness (QED) is 0.329. The SMILES string of the molecule is CC(=O)Nc1ncnc(N)c1C(=N)c1ccc(Oc2cccc(OCc3ccccc3)c2)cc1. The molecule has 0 bridgehead atoms. The molecule has 1 amide bonds. The fourth-order valence-corrected chi connectivity index (χ4v) is 3.25. The molecule has 0 saturated carbocycles. The molecule has 0 fully saturated rings. The van der Waals surface area contributed by atoms with E-state index in [0.717, 1.165) is 5.56 Å². The fourth-order valence-electron chi connectivity index (χ4n) is 3.25. The van der Waals surface area contributed by atoms with Crippen molar-refractivity contribution in [3.63, 3.8) is 0 Å². The number of anilines is 2. The first kappa shape index (κ1) is 22.5. The van der Waals surface area contributed by atoms with Crippen molar-refractivity contribution in [1.29, 1.82) is 5.41 Å². The lowest BCUT2D eigenvalue weighted by atomic mass is 10.0. The highest BCUT2D eigenvalue weighted by Crippen LogP contribution is 2.27. The Labute approximate surface area is 196 Å². The second kappa shape index (κ2) is 10.3. The predicted molar refractivity (Wildman–Crippen MR) is 130 cm³/mol. The van der Waals surface area contributed by atoms with E-state index in [9.17, 15) is 4.79 Å². The number of hydrogen-bond acceptors (Lipinski definition) is 7. The van der Waals surface area contributed by atoms with Gasteiger partial charge in [-0.3, -0.25) is 10.2 Å². The minimum absolute atomic E-state index is 0.0877. The first-order valence-corrected chi connectivity index (χ1v) is 10.5. The zero-order valence-electron chi connectivity index (χ0n) is 18.5. The number of nitrogens with two attached hydrogens (primary N) is 1. The van der Waals surface area contributed by atoms with Gasteiger partial charge in [0.25, 0.3) is 0 Å². The Morgan fingerprint density at radius 1 is 0.941 bits per heavy atom. The number of ether oxygens (including phenoxy) is 2. The average molecular weight is 454 g/mol. The third-order valence-corrected chi connectivity index (χ3v) is 4.85. The van der Waals surface area contributed by atoms with Gasteiger partial charge in [-0.2, -0.15) is 0 Å². The van der Waals surface area contributed by atoms with Crippen LogP contribution in [0.5, 0.6) is 17.2 Å². The number of rotatable bonds is 8. The first-order valence-electron chi connectivity index (χ1n) is 10.5. The number of carbonyl (C=O) groups excluding carboxylic acids is 1. The summed E-state index contributed by atoms with van der Waals surface area (Å²) in [4.78, 5) is 19.5. The van der Waals surface area contributed by atoms with Crippen molar-refractivity contribution in [3.8, 4) is 17.2 Å². The van der Waals surface area contributed by atoms with Gasteiger partial charge in [0.1, 0.15) is 41.8 Å². The molecule has 4 N–H and O–H groups in total. The van der Waals surface area contributed by atoms with Gasteiger partial charge in [-0.15, -0.1) is 0 Å². The molecule has 0 atom stereocenters. The monoisotopic (exact) mass is 453 g/mol. The van der Waals surface area contributed by atoms with E-state index >= 15 is 0 Å². The number of nitrogen functional groups attached to an aromatic ring is 1. The maximum Gasteiger partial charge on any atom is 0.222 e. The summed E-state index contributed by atoms with van der Waals surface area (Å²) < 4.78 is 11.8. The summed E-state index contributed by atoms with van der Waals surface area (Å²) >= 11 is 0. The molecule has 1 heterocycles. The highest BCUT2D eigenvalue weighted by molar-refractivity contribution is 6.17. The van der Waals surface area contributed by atoms with Crippen LogP contribution in [0.25, 0.3) is 0 Å². The standard InChI is InChI=1S/C26H23N5O3/c1-17(32)31-26-23(25(28)29-16-30-26)24(27)19-10-12-20(13-11-19)34-22-9-5-8-21(14-22)33-15-18-6-3-2-4-7-18/h2-14,16,27H,15H2,1H3,(H3,28,29,30,31,32). The Morgan fingerprint density at radius 2 is 1.68 bits per heavy atom. The molecule has 4 aromatic rings. The molecule has 4 rings (SSSR count). The largest absolute Gasteiger partial charge is 0.489 e. The highest BCUT2D eigenvalue weighted by Gasteiger charge is 2.17. The Morgan fingerprint density at radius 3 is 2.41 bits per heavy atom. The van der Waals surface area contributed by atoms with E-state index in [2.05, 4.69) is 15.3 Å². The third kappa shape index (κ3) is 5.55. The number of amides is 1. The molecule has 1 aromatic heterocycles. The van der Waals surface area contributed by atoms with Gasteiger partial charge in [0.2, 0.25) is 5.91 Å². The maximum absolute atomic E-state index is 11.5. The van der Waals surface area contributed by atoms with Gasteiger partial charge in [-0.25, -0.2) is 9.97 Å². The second-order valence-corrected chi connectivity index (χ2v) is 7.41. The molecule has 0 radical (unpaired) electrons. The molecule has 170 valence electrons. The molecule has 0 saturated heterocycles. The smallest absolute Gasteiger partial charge is 0.222 e. The zero-order chi connectivity index (χ0) is 23.9. The van der Waals surface area contributed by atoms with Crippen molar-refractivity contribution in [2.24, 2.45) is 0 Å². The van der Waals surface area contributed by atoms with Gasteiger partial charge in [0, 0.05) is 18.6 Å². The van der Waals surface area contributed by atoms with Crippen molar-refractivity contribution < 1.29 is 14.3 Å². The molecule has 34 heavy (non-hydrogen) atoms. The Bertz CT molecular complexity index is 1310. The summed E-state index contributed by atoms with van der Waals surface area (Å²) in [5.74, 6) is 1.91. The second-order valence-electron chi connectivity index (χ2n) is 7.41. The lowest BCUT2D eigenvalue weighted by molar-refractivity contribution is -0.114. The number of carbonyl (C=O) groups is 1. The van der Waals surface area contributed by atoms with Crippen LogP contribution in [0, 0.1) is 5.41 Å². The number of benzene rings is 3. The molecule has 8 nitrogen and oxygen atoms in total. The van der Waals surface area contributed by atoms with Crippen LogP contribution in [0.2, 0.25) is 0 Å². The third-order valence-electron chi connectivity index (χ3n) is 4.85. The van der Waals surface area contributed by atoms with Crippen LogP contribution >= 0.6 is 0 Å². The van der Waals surface area contributed by atoms with Gasteiger partial charge in [-0.1, -0.05) is 36.4 Å². The number of nitrogens with zero attached hydrogens (tertiary/aromatic N) is 2. The van der Waals surface area contributed by atoms with E-state index in [1.807, 2.05) is 54.6 Å². The molecule has 0 unspecified atom stereocenters. The van der Waals surface area contributed by atoms with Crippen molar-refractivity contribution >= 4 is 23.3 Å². The molecule has 0 aliphatic carbocycles. The van der Waals surface area contributed by atoms with Crippen LogP contribution in [-0.4, -0.2) is 21.6 Å². The molecular weight excluding hydrogens is 430 g/mol. The molecule has 0 aliphatic heterocycles. The maximum atomic E-state index is 11.5. The number of hydrogen-bond donors (Lipinski definition) is 3. The van der Waals surface area contributed by atoms with Gasteiger partial charge in [-0.05, 0) is 42.0 Å². The van der Waals surface area contributed by atoms with Crippen LogP contribution in [0.3, 0.4) is 0 Å². The van der Waals surface area contributed by atoms with Crippen LogP contribution in [0.15, 0.2) is 85.2 Å². The van der Waals surface area contributed by atoms with Crippen LogP contribution in [0.4, 0.5) is 11.6 Å². The van der Waals surface area contributed by atoms with Gasteiger partial charge >= 0.3 is 0 Å². The Balaban J connectivity index is 1.46. The Kier molecular flexibility index (Phi) is 6.78. The summed E-state index contributed by atoms with van der Waals surface area (Å²) in [5, 5.41) is 11.2. The van der Waals surface area contributed by atoms with E-state index in [1.165, 1.54) is 13.3 Å².